The smallest absolute Gasteiger partial charge is 0.274 e. The third kappa shape index (κ3) is 3.83. The molecule has 2 atom stereocenters. The molecule has 0 aliphatic carbocycles. The highest BCUT2D eigenvalue weighted by Gasteiger charge is 2.37. The van der Waals surface area contributed by atoms with E-state index in [1.54, 1.807) is 4.68 Å². The van der Waals surface area contributed by atoms with Gasteiger partial charge in [0.15, 0.2) is 0 Å². The quantitative estimate of drug-likeness (QED) is 0.831. The summed E-state index contributed by atoms with van der Waals surface area (Å²) in [4.78, 5) is 17.6. The first-order chi connectivity index (χ1) is 12.7. The molecule has 1 aromatic carbocycles. The molecule has 3 aliphatic heterocycles. The average Bonchev–Trinajstić information content (AvgIpc) is 2.90. The molecule has 2 bridgehead atoms. The van der Waals surface area contributed by atoms with Gasteiger partial charge in [0.2, 0.25) is 0 Å². The summed E-state index contributed by atoms with van der Waals surface area (Å²) in [6.07, 6.45) is 6.52. The number of hydrogen-bond donors (Lipinski definition) is 0. The van der Waals surface area contributed by atoms with E-state index in [1.807, 2.05) is 19.3 Å². The first kappa shape index (κ1) is 17.3. The van der Waals surface area contributed by atoms with Gasteiger partial charge in [-0.1, -0.05) is 30.3 Å². The summed E-state index contributed by atoms with van der Waals surface area (Å²) in [5.74, 6) is 0.699. The summed E-state index contributed by atoms with van der Waals surface area (Å²) in [6.45, 7) is 4.13. The van der Waals surface area contributed by atoms with Crippen molar-refractivity contribution in [2.75, 3.05) is 26.2 Å². The van der Waals surface area contributed by atoms with E-state index >= 15 is 0 Å². The molecule has 0 saturated carbocycles. The third-order valence-electron chi connectivity index (χ3n) is 5.77. The Labute approximate surface area is 155 Å². The predicted molar refractivity (Wildman–Crippen MR) is 102 cm³/mol. The van der Waals surface area contributed by atoms with Crippen molar-refractivity contribution >= 4 is 5.91 Å². The minimum atomic E-state index is 0.103. The molecule has 3 fully saturated rings. The van der Waals surface area contributed by atoms with E-state index in [1.165, 1.54) is 18.4 Å². The van der Waals surface area contributed by atoms with Crippen molar-refractivity contribution in [3.63, 3.8) is 0 Å². The second-order valence-electron chi connectivity index (χ2n) is 7.78. The van der Waals surface area contributed by atoms with Gasteiger partial charge in [-0.2, -0.15) is 5.10 Å². The number of hydrogen-bond acceptors (Lipinski definition) is 3. The number of aryl methyl sites for hydroxylation is 2. The van der Waals surface area contributed by atoms with Gasteiger partial charge in [-0.15, -0.1) is 0 Å². The van der Waals surface area contributed by atoms with Crippen molar-refractivity contribution in [2.45, 2.75) is 31.7 Å². The highest BCUT2D eigenvalue weighted by Crippen LogP contribution is 2.29. The molecule has 5 heteroatoms. The lowest BCUT2D eigenvalue weighted by atomic mass is 9.95. The Morgan fingerprint density at radius 3 is 2.73 bits per heavy atom. The zero-order valence-corrected chi connectivity index (χ0v) is 15.6. The van der Waals surface area contributed by atoms with Crippen molar-refractivity contribution in [3.8, 4) is 0 Å². The van der Waals surface area contributed by atoms with Gasteiger partial charge in [0.25, 0.3) is 5.91 Å². The minimum Gasteiger partial charge on any atom is -0.333 e. The maximum atomic E-state index is 12.9. The lowest BCUT2D eigenvalue weighted by Gasteiger charge is -2.35. The Morgan fingerprint density at radius 2 is 1.96 bits per heavy atom. The summed E-state index contributed by atoms with van der Waals surface area (Å²) < 4.78 is 1.71. The molecule has 0 radical (unpaired) electrons. The van der Waals surface area contributed by atoms with Gasteiger partial charge in [0.05, 0.1) is 0 Å². The molecule has 138 valence electrons. The van der Waals surface area contributed by atoms with Crippen LogP contribution >= 0.6 is 0 Å². The van der Waals surface area contributed by atoms with Crippen LogP contribution in [0.2, 0.25) is 0 Å². The number of nitrogens with zero attached hydrogens (tertiary/aromatic N) is 4. The number of aromatic nitrogens is 2. The molecule has 5 nitrogen and oxygen atoms in total. The second-order valence-corrected chi connectivity index (χ2v) is 7.78. The molecule has 5 rings (SSSR count). The lowest BCUT2D eigenvalue weighted by Crippen LogP contribution is -2.47. The minimum absolute atomic E-state index is 0.103. The van der Waals surface area contributed by atoms with Crippen molar-refractivity contribution in [1.29, 1.82) is 0 Å². The van der Waals surface area contributed by atoms with Gasteiger partial charge in [-0.05, 0) is 49.8 Å². The Bertz CT molecular complexity index is 741. The van der Waals surface area contributed by atoms with E-state index in [0.29, 0.717) is 17.7 Å². The van der Waals surface area contributed by atoms with Gasteiger partial charge in [-0.3, -0.25) is 9.48 Å². The molecule has 1 amide bonds. The highest BCUT2D eigenvalue weighted by molar-refractivity contribution is 5.92. The fourth-order valence-electron chi connectivity index (χ4n) is 4.44. The molecule has 4 heterocycles. The average molecular weight is 352 g/mol. The number of rotatable bonds is 5. The largest absolute Gasteiger partial charge is 0.333 e. The number of amides is 1. The Morgan fingerprint density at radius 1 is 1.12 bits per heavy atom. The van der Waals surface area contributed by atoms with E-state index < -0.39 is 0 Å². The molecule has 0 spiro atoms. The second kappa shape index (κ2) is 7.62. The highest BCUT2D eigenvalue weighted by atomic mass is 16.2. The summed E-state index contributed by atoms with van der Waals surface area (Å²) >= 11 is 0. The molecular formula is C21H28N4O. The van der Waals surface area contributed by atoms with Crippen molar-refractivity contribution < 1.29 is 4.79 Å². The fourth-order valence-corrected chi connectivity index (χ4v) is 4.44. The van der Waals surface area contributed by atoms with E-state index in [4.69, 9.17) is 0 Å². The molecule has 3 aliphatic rings. The van der Waals surface area contributed by atoms with Crippen molar-refractivity contribution in [2.24, 2.45) is 13.0 Å². The molecule has 26 heavy (non-hydrogen) atoms. The number of piperidine rings is 1. The van der Waals surface area contributed by atoms with Crippen LogP contribution in [-0.4, -0.2) is 57.7 Å². The third-order valence-corrected chi connectivity index (χ3v) is 5.77. The maximum Gasteiger partial charge on any atom is 0.274 e. The van der Waals surface area contributed by atoms with Crippen LogP contribution in [0.4, 0.5) is 0 Å². The zero-order valence-electron chi connectivity index (χ0n) is 15.6. The van der Waals surface area contributed by atoms with Gasteiger partial charge in [-0.25, -0.2) is 0 Å². The maximum absolute atomic E-state index is 12.9. The van der Waals surface area contributed by atoms with E-state index in [2.05, 4.69) is 45.2 Å². The summed E-state index contributed by atoms with van der Waals surface area (Å²) in [5, 5.41) is 4.31. The van der Waals surface area contributed by atoms with E-state index in [-0.39, 0.29) is 5.91 Å². The Balaban J connectivity index is 1.36. The van der Waals surface area contributed by atoms with Crippen LogP contribution in [-0.2, 0) is 13.5 Å². The van der Waals surface area contributed by atoms with Gasteiger partial charge in [0, 0.05) is 38.9 Å². The van der Waals surface area contributed by atoms with E-state index in [9.17, 15) is 4.79 Å². The first-order valence-corrected chi connectivity index (χ1v) is 9.76. The fraction of sp³-hybridized carbons (Fsp3) is 0.524. The van der Waals surface area contributed by atoms with E-state index in [0.717, 1.165) is 39.0 Å². The summed E-state index contributed by atoms with van der Waals surface area (Å²) in [5.41, 5.74) is 1.99. The molecule has 3 saturated heterocycles. The summed E-state index contributed by atoms with van der Waals surface area (Å²) in [7, 11) is 1.86. The molecule has 0 unspecified atom stereocenters. The molecular weight excluding hydrogens is 324 g/mol. The Kier molecular flexibility index (Phi) is 5.07. The van der Waals surface area contributed by atoms with Crippen LogP contribution in [0, 0.1) is 5.92 Å². The van der Waals surface area contributed by atoms with Gasteiger partial charge >= 0.3 is 0 Å². The normalized spacial score (nSPS) is 23.2. The number of carbonyl (C=O) groups is 1. The van der Waals surface area contributed by atoms with Crippen molar-refractivity contribution in [3.05, 3.63) is 53.9 Å². The van der Waals surface area contributed by atoms with Crippen LogP contribution in [0.5, 0.6) is 0 Å². The first-order valence-electron chi connectivity index (χ1n) is 9.76. The van der Waals surface area contributed by atoms with Crippen molar-refractivity contribution in [1.82, 2.24) is 19.6 Å². The molecule has 2 aromatic rings. The van der Waals surface area contributed by atoms with Crippen LogP contribution in [0.25, 0.3) is 0 Å². The van der Waals surface area contributed by atoms with Crippen LogP contribution < -0.4 is 0 Å². The standard InChI is InChI=1S/C21H28N4O/c1-23-13-11-20(22-23)21(26)25-15-18-9-10-19(25)16-24(14-18)12-5-8-17-6-3-2-4-7-17/h2-4,6-7,11,13,18-19H,5,8-10,12,14-16H2,1H3/t18-,19+/m0/s1. The van der Waals surface area contributed by atoms with Crippen LogP contribution in [0.3, 0.4) is 0 Å². The van der Waals surface area contributed by atoms with Crippen LogP contribution in [0.15, 0.2) is 42.6 Å². The Hall–Kier alpha value is -2.14. The van der Waals surface area contributed by atoms with Gasteiger partial charge in [0.1, 0.15) is 5.69 Å². The molecule has 1 aromatic heterocycles. The number of fused-ring (bicyclic) bond motifs is 4. The lowest BCUT2D eigenvalue weighted by molar-refractivity contribution is 0.0578. The monoisotopic (exact) mass is 352 g/mol. The van der Waals surface area contributed by atoms with Gasteiger partial charge < -0.3 is 9.80 Å². The predicted octanol–water partition coefficient (Wildman–Crippen LogP) is 2.59. The number of carbonyl (C=O) groups excluding carboxylic acids is 1. The molecule has 0 N–H and O–H groups in total. The van der Waals surface area contributed by atoms with Crippen LogP contribution in [0.1, 0.15) is 35.3 Å². The zero-order chi connectivity index (χ0) is 17.9. The number of benzene rings is 1. The topological polar surface area (TPSA) is 41.4 Å². The summed E-state index contributed by atoms with van der Waals surface area (Å²) in [6, 6.07) is 12.9. The SMILES string of the molecule is Cn1ccc(C(=O)N2C[C@H]3CC[C@@H]2CN(CCCc2ccccc2)C3)n1.